The van der Waals surface area contributed by atoms with E-state index >= 15 is 0 Å². The quantitative estimate of drug-likeness (QED) is 0.734. The van der Waals surface area contributed by atoms with E-state index in [-0.39, 0.29) is 0 Å². The summed E-state index contributed by atoms with van der Waals surface area (Å²) in [6.07, 6.45) is 0. The van der Waals surface area contributed by atoms with E-state index in [9.17, 15) is 0 Å². The molecule has 0 fully saturated rings. The van der Waals surface area contributed by atoms with Gasteiger partial charge >= 0.3 is 0 Å². The standard InChI is InChI=1S/C14H22N2/c1-10(14(2,3)4)16-8-11-6-5-7-13(15)12(11)9-16/h5-7,10H,8-9,15H2,1-4H3. The van der Waals surface area contributed by atoms with Crippen LogP contribution in [0.3, 0.4) is 0 Å². The summed E-state index contributed by atoms with van der Waals surface area (Å²) >= 11 is 0. The number of nitrogen functional groups attached to an aromatic ring is 1. The van der Waals surface area contributed by atoms with Gasteiger partial charge in [0.15, 0.2) is 0 Å². The molecule has 0 saturated heterocycles. The van der Waals surface area contributed by atoms with Crippen LogP contribution in [0.2, 0.25) is 0 Å². The SMILES string of the molecule is CC(N1Cc2cccc(N)c2C1)C(C)(C)C. The van der Waals surface area contributed by atoms with E-state index in [2.05, 4.69) is 44.7 Å². The first-order chi connectivity index (χ1) is 7.39. The molecular formula is C14H22N2. The van der Waals surface area contributed by atoms with Crippen molar-refractivity contribution in [1.29, 1.82) is 0 Å². The van der Waals surface area contributed by atoms with E-state index in [1.54, 1.807) is 0 Å². The van der Waals surface area contributed by atoms with Crippen molar-refractivity contribution in [3.63, 3.8) is 0 Å². The highest BCUT2D eigenvalue weighted by Crippen LogP contribution is 2.33. The molecule has 1 aromatic carbocycles. The Bertz CT molecular complexity index is 390. The summed E-state index contributed by atoms with van der Waals surface area (Å²) in [6.45, 7) is 11.2. The number of hydrogen-bond acceptors (Lipinski definition) is 2. The monoisotopic (exact) mass is 218 g/mol. The Morgan fingerprint density at radius 2 is 1.94 bits per heavy atom. The van der Waals surface area contributed by atoms with Crippen LogP contribution in [-0.4, -0.2) is 10.9 Å². The van der Waals surface area contributed by atoms with Gasteiger partial charge in [0.2, 0.25) is 0 Å². The Morgan fingerprint density at radius 1 is 1.25 bits per heavy atom. The first-order valence-corrected chi connectivity index (χ1v) is 6.00. The Morgan fingerprint density at radius 3 is 2.50 bits per heavy atom. The molecule has 1 aliphatic rings. The number of fused-ring (bicyclic) bond motifs is 1. The van der Waals surface area contributed by atoms with Crippen LogP contribution in [0.1, 0.15) is 38.8 Å². The lowest BCUT2D eigenvalue weighted by molar-refractivity contribution is 0.112. The molecule has 0 aliphatic carbocycles. The molecule has 88 valence electrons. The number of hydrogen-bond donors (Lipinski definition) is 1. The Kier molecular flexibility index (Phi) is 2.70. The van der Waals surface area contributed by atoms with E-state index in [0.717, 1.165) is 18.8 Å². The number of nitrogens with zero attached hydrogens (tertiary/aromatic N) is 1. The van der Waals surface area contributed by atoms with Gasteiger partial charge in [-0.25, -0.2) is 0 Å². The molecule has 2 nitrogen and oxygen atoms in total. The lowest BCUT2D eigenvalue weighted by Gasteiger charge is -2.35. The van der Waals surface area contributed by atoms with Crippen molar-refractivity contribution in [3.8, 4) is 0 Å². The van der Waals surface area contributed by atoms with Crippen molar-refractivity contribution in [2.24, 2.45) is 5.41 Å². The summed E-state index contributed by atoms with van der Waals surface area (Å²) in [4.78, 5) is 2.51. The molecule has 0 amide bonds. The Hall–Kier alpha value is -1.02. The number of anilines is 1. The molecule has 1 unspecified atom stereocenters. The first-order valence-electron chi connectivity index (χ1n) is 6.00. The van der Waals surface area contributed by atoms with Crippen LogP contribution in [0, 0.1) is 5.41 Å². The second-order valence-corrected chi connectivity index (χ2v) is 5.93. The third-order valence-electron chi connectivity index (χ3n) is 3.84. The molecule has 1 atom stereocenters. The van der Waals surface area contributed by atoms with Gasteiger partial charge in [-0.3, -0.25) is 4.90 Å². The van der Waals surface area contributed by atoms with E-state index in [1.807, 2.05) is 6.07 Å². The molecule has 1 aromatic rings. The lowest BCUT2D eigenvalue weighted by Crippen LogP contribution is -2.38. The van der Waals surface area contributed by atoms with E-state index < -0.39 is 0 Å². The maximum Gasteiger partial charge on any atom is 0.0363 e. The van der Waals surface area contributed by atoms with Crippen LogP contribution >= 0.6 is 0 Å². The summed E-state index contributed by atoms with van der Waals surface area (Å²) in [5.74, 6) is 0. The molecule has 0 saturated carbocycles. The van der Waals surface area contributed by atoms with Crippen LogP contribution in [0.5, 0.6) is 0 Å². The van der Waals surface area contributed by atoms with Crippen LogP contribution in [0.25, 0.3) is 0 Å². The second-order valence-electron chi connectivity index (χ2n) is 5.93. The van der Waals surface area contributed by atoms with Gasteiger partial charge in [-0.1, -0.05) is 32.9 Å². The molecule has 16 heavy (non-hydrogen) atoms. The van der Waals surface area contributed by atoms with Gasteiger partial charge in [-0.15, -0.1) is 0 Å². The van der Waals surface area contributed by atoms with E-state index in [0.29, 0.717) is 11.5 Å². The van der Waals surface area contributed by atoms with Crippen molar-refractivity contribution in [1.82, 2.24) is 4.90 Å². The van der Waals surface area contributed by atoms with Gasteiger partial charge in [0, 0.05) is 24.8 Å². The van der Waals surface area contributed by atoms with Crippen LogP contribution < -0.4 is 5.73 Å². The fourth-order valence-corrected chi connectivity index (χ4v) is 2.29. The summed E-state index contributed by atoms with van der Waals surface area (Å²) < 4.78 is 0. The zero-order valence-electron chi connectivity index (χ0n) is 10.7. The normalized spacial score (nSPS) is 18.5. The summed E-state index contributed by atoms with van der Waals surface area (Å²) in [6, 6.07) is 6.82. The largest absolute Gasteiger partial charge is 0.398 e. The van der Waals surface area contributed by atoms with Gasteiger partial charge in [0.1, 0.15) is 0 Å². The maximum atomic E-state index is 6.02. The minimum Gasteiger partial charge on any atom is -0.398 e. The van der Waals surface area contributed by atoms with E-state index in [4.69, 9.17) is 5.73 Å². The van der Waals surface area contributed by atoms with Gasteiger partial charge in [-0.2, -0.15) is 0 Å². The minimum absolute atomic E-state index is 0.316. The molecule has 2 rings (SSSR count). The summed E-state index contributed by atoms with van der Waals surface area (Å²) in [5.41, 5.74) is 10.0. The van der Waals surface area contributed by atoms with Crippen LogP contribution in [0.4, 0.5) is 5.69 Å². The van der Waals surface area contributed by atoms with Crippen LogP contribution in [-0.2, 0) is 13.1 Å². The van der Waals surface area contributed by atoms with Gasteiger partial charge in [-0.05, 0) is 29.5 Å². The third kappa shape index (κ3) is 1.94. The first kappa shape index (κ1) is 11.5. The van der Waals surface area contributed by atoms with Crippen molar-refractivity contribution in [2.45, 2.75) is 46.8 Å². The molecule has 1 aliphatic heterocycles. The predicted octanol–water partition coefficient (Wildman–Crippen LogP) is 3.02. The Balaban J connectivity index is 2.20. The predicted molar refractivity (Wildman–Crippen MR) is 69.0 cm³/mol. The van der Waals surface area contributed by atoms with Gasteiger partial charge in [0.25, 0.3) is 0 Å². The zero-order valence-corrected chi connectivity index (χ0v) is 10.7. The number of rotatable bonds is 1. The molecule has 0 spiro atoms. The third-order valence-corrected chi connectivity index (χ3v) is 3.84. The fraction of sp³-hybridized carbons (Fsp3) is 0.571. The lowest BCUT2D eigenvalue weighted by atomic mass is 9.87. The topological polar surface area (TPSA) is 29.3 Å². The summed E-state index contributed by atoms with van der Waals surface area (Å²) in [5, 5.41) is 0. The molecule has 2 N–H and O–H groups in total. The second kappa shape index (κ2) is 3.77. The molecule has 0 aromatic heterocycles. The van der Waals surface area contributed by atoms with Gasteiger partial charge in [0.05, 0.1) is 0 Å². The summed E-state index contributed by atoms with van der Waals surface area (Å²) in [7, 11) is 0. The molecular weight excluding hydrogens is 196 g/mol. The van der Waals surface area contributed by atoms with Crippen molar-refractivity contribution in [3.05, 3.63) is 29.3 Å². The maximum absolute atomic E-state index is 6.02. The van der Waals surface area contributed by atoms with Crippen molar-refractivity contribution >= 4 is 5.69 Å². The highest BCUT2D eigenvalue weighted by atomic mass is 15.2. The fourth-order valence-electron chi connectivity index (χ4n) is 2.29. The molecule has 0 bridgehead atoms. The average molecular weight is 218 g/mol. The zero-order chi connectivity index (χ0) is 11.9. The number of nitrogens with two attached hydrogens (primary N) is 1. The highest BCUT2D eigenvalue weighted by Gasteiger charge is 2.30. The van der Waals surface area contributed by atoms with Gasteiger partial charge < -0.3 is 5.73 Å². The minimum atomic E-state index is 0.316. The van der Waals surface area contributed by atoms with Crippen molar-refractivity contribution < 1.29 is 0 Å². The average Bonchev–Trinajstić information content (AvgIpc) is 2.60. The van der Waals surface area contributed by atoms with Crippen molar-refractivity contribution in [2.75, 3.05) is 5.73 Å². The van der Waals surface area contributed by atoms with E-state index in [1.165, 1.54) is 11.1 Å². The molecule has 0 radical (unpaired) electrons. The smallest absolute Gasteiger partial charge is 0.0363 e. The number of benzene rings is 1. The highest BCUT2D eigenvalue weighted by molar-refractivity contribution is 5.52. The van der Waals surface area contributed by atoms with Crippen LogP contribution in [0.15, 0.2) is 18.2 Å². The Labute approximate surface area is 98.4 Å². The molecule has 2 heteroatoms. The molecule has 1 heterocycles.